The lowest BCUT2D eigenvalue weighted by atomic mass is 10.6. The van der Waals surface area contributed by atoms with Gasteiger partial charge in [-0.2, -0.15) is 0 Å². The maximum atomic E-state index is 10.1. The first-order chi connectivity index (χ1) is 3.68. The predicted molar refractivity (Wildman–Crippen MR) is 43.4 cm³/mol. The second-order valence-electron chi connectivity index (χ2n) is 1.33. The van der Waals surface area contributed by atoms with Crippen LogP contribution in [0.25, 0.3) is 0 Å². The van der Waals surface area contributed by atoms with Crippen LogP contribution in [0.4, 0.5) is 0 Å². The Balaban J connectivity index is 3.48. The monoisotopic (exact) mass is 174 g/mol. The first kappa shape index (κ1) is 8.65. The fourth-order valence-electron chi connectivity index (χ4n) is 0.282. The quantitative estimate of drug-likeness (QED) is 0.436. The van der Waals surface area contributed by atoms with E-state index in [1.807, 2.05) is 6.92 Å². The lowest BCUT2D eigenvalue weighted by Gasteiger charge is -2.01. The Morgan fingerprint density at radius 2 is 2.00 bits per heavy atom. The molecule has 0 amide bonds. The van der Waals surface area contributed by atoms with E-state index >= 15 is 0 Å². The van der Waals surface area contributed by atoms with Crippen LogP contribution in [-0.4, -0.2) is 14.2 Å². The predicted octanol–water partition coefficient (Wildman–Crippen LogP) is 0.769. The van der Waals surface area contributed by atoms with E-state index in [2.05, 4.69) is 11.7 Å². The Labute approximate surface area is 58.2 Å². The van der Waals surface area contributed by atoms with E-state index in [9.17, 15) is 8.42 Å². The van der Waals surface area contributed by atoms with Crippen LogP contribution in [0.1, 0.15) is 13.3 Å². The molecule has 0 aliphatic rings. The highest BCUT2D eigenvalue weighted by molar-refractivity contribution is 9.07. The highest BCUT2D eigenvalue weighted by atomic mass is 33.5. The van der Waals surface area contributed by atoms with Gasteiger partial charge in [0.05, 0.1) is 0 Å². The van der Waals surface area contributed by atoms with E-state index in [0.717, 1.165) is 12.2 Å². The van der Waals surface area contributed by atoms with Gasteiger partial charge in [0.25, 0.3) is 0 Å². The van der Waals surface area contributed by atoms with E-state index in [0.29, 0.717) is 0 Å². The molecule has 0 saturated heterocycles. The van der Waals surface area contributed by atoms with Crippen LogP contribution >= 0.6 is 20.6 Å². The molecular formula is C3H10O2S3. The molecule has 0 aliphatic carbocycles. The molecule has 0 bridgehead atoms. The van der Waals surface area contributed by atoms with Gasteiger partial charge in [-0.3, -0.25) is 0 Å². The minimum Gasteiger partial charge on any atom is -0.222 e. The second-order valence-corrected chi connectivity index (χ2v) is 7.82. The van der Waals surface area contributed by atoms with Crippen molar-refractivity contribution in [2.24, 2.45) is 0 Å². The first-order valence-corrected chi connectivity index (χ1v) is 6.85. The fourth-order valence-corrected chi connectivity index (χ4v) is 2.53. The molecule has 52 valence electrons. The van der Waals surface area contributed by atoms with Gasteiger partial charge in [-0.05, 0) is 12.2 Å². The summed E-state index contributed by atoms with van der Waals surface area (Å²) < 4.78 is 20.2. The largest absolute Gasteiger partial charge is 0.222 e. The molecule has 0 N–H and O–H groups in total. The molecule has 0 rings (SSSR count). The smallest absolute Gasteiger partial charge is 0.180 e. The third kappa shape index (κ3) is 3.63. The SMILES string of the molecule is CCC[SH](S)[SH](=O)=O. The summed E-state index contributed by atoms with van der Waals surface area (Å²) in [6.07, 6.45) is 0.901. The first-order valence-electron chi connectivity index (χ1n) is 2.29. The minimum absolute atomic E-state index is 0.719. The van der Waals surface area contributed by atoms with Gasteiger partial charge < -0.3 is 0 Å². The third-order valence-electron chi connectivity index (χ3n) is 0.612. The van der Waals surface area contributed by atoms with Crippen molar-refractivity contribution in [2.45, 2.75) is 13.3 Å². The zero-order chi connectivity index (χ0) is 6.57. The summed E-state index contributed by atoms with van der Waals surface area (Å²) >= 11 is 3.87. The van der Waals surface area contributed by atoms with Crippen LogP contribution in [0.2, 0.25) is 0 Å². The Morgan fingerprint density at radius 1 is 1.50 bits per heavy atom. The number of hydrogen-bond donors (Lipinski definition) is 3. The lowest BCUT2D eigenvalue weighted by Crippen LogP contribution is -1.79. The summed E-state index contributed by atoms with van der Waals surface area (Å²) in [6, 6.07) is 0. The Kier molecular flexibility index (Phi) is 4.89. The van der Waals surface area contributed by atoms with E-state index in [-0.39, 0.29) is 0 Å². The van der Waals surface area contributed by atoms with E-state index < -0.39 is 18.7 Å². The number of rotatable bonds is 3. The molecule has 0 radical (unpaired) electrons. The van der Waals surface area contributed by atoms with Gasteiger partial charge in [-0.1, -0.05) is 6.92 Å². The number of hydrogen-bond acceptors (Lipinski definition) is 3. The molecule has 0 saturated carbocycles. The third-order valence-corrected chi connectivity index (χ3v) is 5.48. The topological polar surface area (TPSA) is 34.1 Å². The summed E-state index contributed by atoms with van der Waals surface area (Å²) in [5, 5.41) is 0. The molecule has 0 aromatic carbocycles. The molecule has 2 nitrogen and oxygen atoms in total. The van der Waals surface area contributed by atoms with Crippen LogP contribution in [0, 0.1) is 0 Å². The van der Waals surface area contributed by atoms with Crippen molar-refractivity contribution in [1.82, 2.24) is 0 Å². The van der Waals surface area contributed by atoms with Gasteiger partial charge in [0, 0.05) is 0 Å². The molecule has 0 aliphatic heterocycles. The highest BCUT2D eigenvalue weighted by Crippen LogP contribution is 2.30. The van der Waals surface area contributed by atoms with Crippen molar-refractivity contribution in [3.8, 4) is 0 Å². The normalized spacial score (nSPS) is 16.6. The minimum atomic E-state index is -2.24. The van der Waals surface area contributed by atoms with Crippen LogP contribution in [0.5, 0.6) is 0 Å². The van der Waals surface area contributed by atoms with Crippen LogP contribution in [-0.2, 0) is 9.74 Å². The van der Waals surface area contributed by atoms with Gasteiger partial charge in [0.15, 0.2) is 9.74 Å². The van der Waals surface area contributed by atoms with Crippen molar-refractivity contribution in [3.05, 3.63) is 0 Å². The van der Waals surface area contributed by atoms with Gasteiger partial charge >= 0.3 is 0 Å². The maximum absolute atomic E-state index is 10.1. The Bertz CT molecular complexity index is 112. The molecule has 0 aromatic rings. The molecule has 0 aromatic heterocycles. The zero-order valence-corrected chi connectivity index (χ0v) is 7.26. The average molecular weight is 174 g/mol. The molecular weight excluding hydrogens is 164 g/mol. The summed E-state index contributed by atoms with van der Waals surface area (Å²) in [6.45, 7) is 1.95. The van der Waals surface area contributed by atoms with Gasteiger partial charge in [0.1, 0.15) is 0 Å². The molecule has 0 spiro atoms. The van der Waals surface area contributed by atoms with E-state index in [1.165, 1.54) is 0 Å². The zero-order valence-electron chi connectivity index (χ0n) is 4.57. The van der Waals surface area contributed by atoms with Crippen molar-refractivity contribution < 1.29 is 8.42 Å². The summed E-state index contributed by atoms with van der Waals surface area (Å²) in [4.78, 5) is 0. The average Bonchev–Trinajstić information content (AvgIpc) is 1.67. The van der Waals surface area contributed by atoms with E-state index in [1.54, 1.807) is 0 Å². The number of thiol groups is 3. The Hall–Kier alpha value is 0.650. The summed E-state index contributed by atoms with van der Waals surface area (Å²) in [7, 11) is -3.23. The van der Waals surface area contributed by atoms with Crippen LogP contribution in [0.3, 0.4) is 0 Å². The molecule has 8 heavy (non-hydrogen) atoms. The molecule has 0 fully saturated rings. The molecule has 5 heteroatoms. The van der Waals surface area contributed by atoms with Gasteiger partial charge in [-0.25, -0.2) is 8.42 Å². The Morgan fingerprint density at radius 3 is 2.12 bits per heavy atom. The van der Waals surface area contributed by atoms with Gasteiger partial charge in [0.2, 0.25) is 0 Å². The summed E-state index contributed by atoms with van der Waals surface area (Å²) in [5.74, 6) is 0.719. The lowest BCUT2D eigenvalue weighted by molar-refractivity contribution is 0.626. The van der Waals surface area contributed by atoms with Gasteiger partial charge in [-0.15, -0.1) is 20.6 Å². The van der Waals surface area contributed by atoms with E-state index in [4.69, 9.17) is 0 Å². The fraction of sp³-hybridized carbons (Fsp3) is 1.00. The van der Waals surface area contributed by atoms with Crippen molar-refractivity contribution in [2.75, 3.05) is 5.75 Å². The van der Waals surface area contributed by atoms with Crippen LogP contribution in [0.15, 0.2) is 0 Å². The van der Waals surface area contributed by atoms with Crippen molar-refractivity contribution in [3.63, 3.8) is 0 Å². The molecule has 1 unspecified atom stereocenters. The van der Waals surface area contributed by atoms with Crippen molar-refractivity contribution >= 4 is 30.4 Å². The van der Waals surface area contributed by atoms with Crippen molar-refractivity contribution in [1.29, 1.82) is 0 Å². The maximum Gasteiger partial charge on any atom is 0.180 e. The summed E-state index contributed by atoms with van der Waals surface area (Å²) in [5.41, 5.74) is 0. The molecule has 1 atom stereocenters. The standard InChI is InChI=1S/C3H10O2S3/c1-2-3-7(6)8(4)5/h6-8H,2-3H2,1H3. The second kappa shape index (κ2) is 4.52. The molecule has 0 heterocycles. The van der Waals surface area contributed by atoms with Crippen LogP contribution < -0.4 is 0 Å². The highest BCUT2D eigenvalue weighted by Gasteiger charge is 1.94.